The normalized spacial score (nSPS) is 11.4. The molecule has 27 heavy (non-hydrogen) atoms. The van der Waals surface area contributed by atoms with Crippen molar-refractivity contribution in [2.24, 2.45) is 0 Å². The standard InChI is InChI=1S/C19H24FN3O4/c1-4-19(5-2,11-17(25)26)22-15(24)8-9-16-21-18(23-27-16)13-7-6-12(3)14(20)10-13/h6-7,10H,4-5,8-9,11H2,1-3H3,(H,22,24)(H,25,26). The molecule has 0 spiro atoms. The predicted octanol–water partition coefficient (Wildman–Crippen LogP) is 3.27. The summed E-state index contributed by atoms with van der Waals surface area (Å²) in [6.45, 7) is 5.35. The molecule has 1 aromatic carbocycles. The van der Waals surface area contributed by atoms with Crippen LogP contribution in [0, 0.1) is 12.7 Å². The van der Waals surface area contributed by atoms with E-state index in [1.54, 1.807) is 19.1 Å². The number of nitrogens with one attached hydrogen (secondary N) is 1. The highest BCUT2D eigenvalue weighted by molar-refractivity contribution is 5.78. The van der Waals surface area contributed by atoms with Crippen molar-refractivity contribution < 1.29 is 23.6 Å². The highest BCUT2D eigenvalue weighted by atomic mass is 19.1. The second kappa shape index (κ2) is 8.75. The van der Waals surface area contributed by atoms with Crippen LogP contribution in [0.4, 0.5) is 4.39 Å². The Morgan fingerprint density at radius 1 is 1.30 bits per heavy atom. The van der Waals surface area contributed by atoms with Crippen LogP contribution >= 0.6 is 0 Å². The minimum Gasteiger partial charge on any atom is -0.481 e. The van der Waals surface area contributed by atoms with Gasteiger partial charge < -0.3 is 14.9 Å². The van der Waals surface area contributed by atoms with Gasteiger partial charge in [-0.1, -0.05) is 31.1 Å². The molecular weight excluding hydrogens is 353 g/mol. The number of aryl methyl sites for hydroxylation is 2. The number of aromatic nitrogens is 2. The van der Waals surface area contributed by atoms with E-state index in [-0.39, 0.29) is 42.7 Å². The highest BCUT2D eigenvalue weighted by Crippen LogP contribution is 2.21. The van der Waals surface area contributed by atoms with Crippen LogP contribution < -0.4 is 5.32 Å². The number of carboxylic acids is 1. The molecule has 146 valence electrons. The molecule has 2 aromatic rings. The van der Waals surface area contributed by atoms with Gasteiger partial charge >= 0.3 is 5.97 Å². The van der Waals surface area contributed by atoms with E-state index in [1.165, 1.54) is 6.07 Å². The van der Waals surface area contributed by atoms with Gasteiger partial charge in [0.2, 0.25) is 17.6 Å². The monoisotopic (exact) mass is 377 g/mol. The lowest BCUT2D eigenvalue weighted by Crippen LogP contribution is -2.49. The molecule has 1 aromatic heterocycles. The lowest BCUT2D eigenvalue weighted by molar-refractivity contribution is -0.139. The van der Waals surface area contributed by atoms with Gasteiger partial charge in [-0.25, -0.2) is 4.39 Å². The van der Waals surface area contributed by atoms with Crippen LogP contribution in [0.15, 0.2) is 22.7 Å². The van der Waals surface area contributed by atoms with Crippen molar-refractivity contribution in [3.05, 3.63) is 35.5 Å². The van der Waals surface area contributed by atoms with Crippen molar-refractivity contribution in [3.63, 3.8) is 0 Å². The van der Waals surface area contributed by atoms with E-state index in [1.807, 2.05) is 13.8 Å². The molecule has 1 heterocycles. The first-order valence-electron chi connectivity index (χ1n) is 8.90. The first kappa shape index (κ1) is 20.5. The van der Waals surface area contributed by atoms with Crippen LogP contribution in [0.3, 0.4) is 0 Å². The van der Waals surface area contributed by atoms with E-state index in [0.717, 1.165) is 0 Å². The number of halogens is 1. The Balaban J connectivity index is 1.98. The third kappa shape index (κ3) is 5.35. The van der Waals surface area contributed by atoms with E-state index in [2.05, 4.69) is 15.5 Å². The molecule has 0 aliphatic rings. The van der Waals surface area contributed by atoms with Gasteiger partial charge in [0.15, 0.2) is 0 Å². The van der Waals surface area contributed by atoms with Crippen LogP contribution in [0.5, 0.6) is 0 Å². The molecule has 0 radical (unpaired) electrons. The van der Waals surface area contributed by atoms with Gasteiger partial charge in [0.1, 0.15) is 5.82 Å². The van der Waals surface area contributed by atoms with E-state index in [9.17, 15) is 14.0 Å². The van der Waals surface area contributed by atoms with Crippen LogP contribution in [0.1, 0.15) is 51.0 Å². The summed E-state index contributed by atoms with van der Waals surface area (Å²) in [4.78, 5) is 27.5. The molecule has 0 saturated carbocycles. The minimum absolute atomic E-state index is 0.0886. The van der Waals surface area contributed by atoms with E-state index >= 15 is 0 Å². The average Bonchev–Trinajstić information content (AvgIpc) is 3.10. The molecule has 2 N–H and O–H groups in total. The molecule has 0 aliphatic heterocycles. The van der Waals surface area contributed by atoms with E-state index in [0.29, 0.717) is 24.0 Å². The van der Waals surface area contributed by atoms with Crippen molar-refractivity contribution in [2.45, 2.75) is 58.4 Å². The zero-order chi connectivity index (χ0) is 20.0. The Morgan fingerprint density at radius 2 is 2.00 bits per heavy atom. The molecule has 0 unspecified atom stereocenters. The first-order valence-corrected chi connectivity index (χ1v) is 8.90. The minimum atomic E-state index is -0.953. The van der Waals surface area contributed by atoms with Crippen molar-refractivity contribution >= 4 is 11.9 Å². The number of hydrogen-bond donors (Lipinski definition) is 2. The number of rotatable bonds is 9. The van der Waals surface area contributed by atoms with Gasteiger partial charge in [-0.3, -0.25) is 9.59 Å². The molecule has 8 heteroatoms. The maximum absolute atomic E-state index is 13.7. The smallest absolute Gasteiger partial charge is 0.305 e. The van der Waals surface area contributed by atoms with Gasteiger partial charge in [-0.15, -0.1) is 0 Å². The fraction of sp³-hybridized carbons (Fsp3) is 0.474. The molecule has 0 aliphatic carbocycles. The average molecular weight is 377 g/mol. The maximum atomic E-state index is 13.7. The summed E-state index contributed by atoms with van der Waals surface area (Å²) in [6, 6.07) is 4.66. The highest BCUT2D eigenvalue weighted by Gasteiger charge is 2.30. The first-order chi connectivity index (χ1) is 12.8. The lowest BCUT2D eigenvalue weighted by atomic mass is 9.88. The molecular formula is C19H24FN3O4. The van der Waals surface area contributed by atoms with Crippen molar-refractivity contribution in [2.75, 3.05) is 0 Å². The lowest BCUT2D eigenvalue weighted by Gasteiger charge is -2.31. The summed E-state index contributed by atoms with van der Waals surface area (Å²) in [6.07, 6.45) is 1.21. The molecule has 1 amide bonds. The largest absolute Gasteiger partial charge is 0.481 e. The summed E-state index contributed by atoms with van der Waals surface area (Å²) in [5.41, 5.74) is 0.258. The topological polar surface area (TPSA) is 105 Å². The predicted molar refractivity (Wildman–Crippen MR) is 96.5 cm³/mol. The van der Waals surface area contributed by atoms with Crippen LogP contribution in [-0.2, 0) is 16.0 Å². The summed E-state index contributed by atoms with van der Waals surface area (Å²) >= 11 is 0. The maximum Gasteiger partial charge on any atom is 0.305 e. The molecule has 0 bridgehead atoms. The van der Waals surface area contributed by atoms with Crippen molar-refractivity contribution in [1.82, 2.24) is 15.5 Å². The zero-order valence-electron chi connectivity index (χ0n) is 15.7. The van der Waals surface area contributed by atoms with E-state index in [4.69, 9.17) is 9.63 Å². The SMILES string of the molecule is CCC(CC)(CC(=O)O)NC(=O)CCc1nc(-c2ccc(C)c(F)c2)no1. The number of nitrogens with zero attached hydrogens (tertiary/aromatic N) is 2. The number of benzene rings is 1. The summed E-state index contributed by atoms with van der Waals surface area (Å²) in [7, 11) is 0. The van der Waals surface area contributed by atoms with Gasteiger partial charge in [0.25, 0.3) is 0 Å². The Morgan fingerprint density at radius 3 is 2.59 bits per heavy atom. The van der Waals surface area contributed by atoms with Crippen LogP contribution in [-0.4, -0.2) is 32.7 Å². The Labute approximate surface area is 157 Å². The Kier molecular flexibility index (Phi) is 6.65. The molecule has 0 fully saturated rings. The molecule has 7 nitrogen and oxygen atoms in total. The number of carboxylic acid groups (broad SMARTS) is 1. The van der Waals surface area contributed by atoms with Gasteiger partial charge in [-0.05, 0) is 31.4 Å². The molecule has 0 saturated heterocycles. The third-order valence-corrected chi connectivity index (χ3v) is 4.71. The molecule has 2 rings (SSSR count). The van der Waals surface area contributed by atoms with Crippen LogP contribution in [0.2, 0.25) is 0 Å². The second-order valence-corrected chi connectivity index (χ2v) is 6.58. The Bertz CT molecular complexity index is 815. The fourth-order valence-electron chi connectivity index (χ4n) is 2.79. The number of carbonyl (C=O) groups is 2. The number of hydrogen-bond acceptors (Lipinski definition) is 5. The number of amides is 1. The van der Waals surface area contributed by atoms with E-state index < -0.39 is 11.5 Å². The van der Waals surface area contributed by atoms with Crippen molar-refractivity contribution in [1.29, 1.82) is 0 Å². The summed E-state index contributed by atoms with van der Waals surface area (Å²) in [5.74, 6) is -1.07. The summed E-state index contributed by atoms with van der Waals surface area (Å²) in [5, 5.41) is 15.7. The van der Waals surface area contributed by atoms with Gasteiger partial charge in [0, 0.05) is 23.9 Å². The Hall–Kier alpha value is -2.77. The zero-order valence-corrected chi connectivity index (χ0v) is 15.7. The number of aliphatic carboxylic acids is 1. The van der Waals surface area contributed by atoms with Gasteiger partial charge in [0.05, 0.1) is 6.42 Å². The second-order valence-electron chi connectivity index (χ2n) is 6.58. The molecule has 0 atom stereocenters. The summed E-state index contributed by atoms with van der Waals surface area (Å²) < 4.78 is 18.8. The third-order valence-electron chi connectivity index (χ3n) is 4.71. The van der Waals surface area contributed by atoms with Crippen molar-refractivity contribution in [3.8, 4) is 11.4 Å². The fourth-order valence-corrected chi connectivity index (χ4v) is 2.79. The van der Waals surface area contributed by atoms with Gasteiger partial charge in [-0.2, -0.15) is 4.98 Å². The van der Waals surface area contributed by atoms with Crippen LogP contribution in [0.25, 0.3) is 11.4 Å². The number of carbonyl (C=O) groups excluding carboxylic acids is 1. The quantitative estimate of drug-likeness (QED) is 0.695.